The second-order valence-corrected chi connectivity index (χ2v) is 5.12. The van der Waals surface area contributed by atoms with Gasteiger partial charge in [-0.25, -0.2) is 0 Å². The van der Waals surface area contributed by atoms with Crippen molar-refractivity contribution in [3.63, 3.8) is 0 Å². The summed E-state index contributed by atoms with van der Waals surface area (Å²) >= 11 is 1.89. The number of fused-ring (bicyclic) bond motifs is 1. The van der Waals surface area contributed by atoms with Gasteiger partial charge in [-0.1, -0.05) is 19.1 Å². The van der Waals surface area contributed by atoms with Gasteiger partial charge in [-0.3, -0.25) is 0 Å². The summed E-state index contributed by atoms with van der Waals surface area (Å²) in [6, 6.07) is 8.82. The van der Waals surface area contributed by atoms with Crippen LogP contribution >= 0.6 is 11.8 Å². The van der Waals surface area contributed by atoms with Crippen LogP contribution in [0.4, 0.5) is 0 Å². The summed E-state index contributed by atoms with van der Waals surface area (Å²) in [4.78, 5) is 0. The van der Waals surface area contributed by atoms with Crippen LogP contribution in [-0.4, -0.2) is 23.1 Å². The normalized spacial score (nSPS) is 11.2. The van der Waals surface area contributed by atoms with E-state index in [2.05, 4.69) is 53.5 Å². The van der Waals surface area contributed by atoms with Gasteiger partial charge in [0.05, 0.1) is 0 Å². The highest BCUT2D eigenvalue weighted by Crippen LogP contribution is 2.20. The molecule has 0 radical (unpaired) electrons. The van der Waals surface area contributed by atoms with E-state index in [-0.39, 0.29) is 0 Å². The van der Waals surface area contributed by atoms with E-state index in [1.54, 1.807) is 0 Å². The van der Waals surface area contributed by atoms with E-state index in [1.807, 2.05) is 11.8 Å². The zero-order chi connectivity index (χ0) is 12.1. The number of rotatable bonds is 6. The maximum Gasteiger partial charge on any atom is 0.0483 e. The molecule has 0 saturated heterocycles. The molecule has 17 heavy (non-hydrogen) atoms. The van der Waals surface area contributed by atoms with Gasteiger partial charge in [-0.2, -0.15) is 11.8 Å². The molecule has 0 aliphatic carbocycles. The third-order valence-corrected chi connectivity index (χ3v) is 3.60. The molecule has 0 spiro atoms. The second kappa shape index (κ2) is 6.12. The van der Waals surface area contributed by atoms with Crippen LogP contribution in [0.2, 0.25) is 0 Å². The molecule has 92 valence electrons. The Labute approximate surface area is 107 Å². The van der Waals surface area contributed by atoms with Gasteiger partial charge in [0.2, 0.25) is 0 Å². The minimum atomic E-state index is 0.959. The summed E-state index contributed by atoms with van der Waals surface area (Å²) in [5.74, 6) is 1.17. The van der Waals surface area contributed by atoms with Gasteiger partial charge < -0.3 is 9.88 Å². The van der Waals surface area contributed by atoms with Crippen LogP contribution in [0.3, 0.4) is 0 Å². The SMILES string of the molecule is CCNCc1cccc2c1ccn2CCSC. The van der Waals surface area contributed by atoms with E-state index in [1.165, 1.54) is 22.2 Å². The van der Waals surface area contributed by atoms with Gasteiger partial charge in [0.25, 0.3) is 0 Å². The van der Waals surface area contributed by atoms with Crippen LogP contribution in [0, 0.1) is 0 Å². The van der Waals surface area contributed by atoms with Gasteiger partial charge >= 0.3 is 0 Å². The number of nitrogens with one attached hydrogen (secondary N) is 1. The van der Waals surface area contributed by atoms with Gasteiger partial charge in [-0.15, -0.1) is 0 Å². The highest BCUT2D eigenvalue weighted by molar-refractivity contribution is 7.98. The first-order chi connectivity index (χ1) is 8.36. The van der Waals surface area contributed by atoms with E-state index in [0.717, 1.165) is 19.6 Å². The van der Waals surface area contributed by atoms with Crippen LogP contribution < -0.4 is 5.32 Å². The fourth-order valence-corrected chi connectivity index (χ4v) is 2.46. The second-order valence-electron chi connectivity index (χ2n) is 4.13. The van der Waals surface area contributed by atoms with Gasteiger partial charge in [0, 0.05) is 35.9 Å². The number of aryl methyl sites for hydroxylation is 1. The summed E-state index contributed by atoms with van der Waals surface area (Å²) in [6.07, 6.45) is 4.36. The topological polar surface area (TPSA) is 17.0 Å². The van der Waals surface area contributed by atoms with Crippen molar-refractivity contribution in [2.45, 2.75) is 20.0 Å². The predicted molar refractivity (Wildman–Crippen MR) is 77.7 cm³/mol. The van der Waals surface area contributed by atoms with Crippen molar-refractivity contribution in [3.8, 4) is 0 Å². The number of benzene rings is 1. The van der Waals surface area contributed by atoms with E-state index in [4.69, 9.17) is 0 Å². The fourth-order valence-electron chi connectivity index (χ4n) is 2.09. The summed E-state index contributed by atoms with van der Waals surface area (Å²) in [6.45, 7) is 5.21. The molecule has 2 aromatic rings. The average molecular weight is 248 g/mol. The molecule has 0 atom stereocenters. The zero-order valence-corrected chi connectivity index (χ0v) is 11.4. The molecule has 1 N–H and O–H groups in total. The molecule has 0 amide bonds. The Kier molecular flexibility index (Phi) is 4.51. The molecule has 0 unspecified atom stereocenters. The number of thioether (sulfide) groups is 1. The van der Waals surface area contributed by atoms with Crippen molar-refractivity contribution < 1.29 is 0 Å². The number of aromatic nitrogens is 1. The molecule has 1 aromatic heterocycles. The average Bonchev–Trinajstić information content (AvgIpc) is 2.77. The minimum Gasteiger partial charge on any atom is -0.347 e. The first-order valence-electron chi connectivity index (χ1n) is 6.13. The van der Waals surface area contributed by atoms with E-state index >= 15 is 0 Å². The summed E-state index contributed by atoms with van der Waals surface area (Å²) in [7, 11) is 0. The molecule has 0 fully saturated rings. The van der Waals surface area contributed by atoms with E-state index in [9.17, 15) is 0 Å². The minimum absolute atomic E-state index is 0.959. The lowest BCUT2D eigenvalue weighted by Crippen LogP contribution is -2.11. The van der Waals surface area contributed by atoms with Gasteiger partial charge in [0.15, 0.2) is 0 Å². The standard InChI is InChI=1S/C14H20N2S/c1-3-15-11-12-5-4-6-14-13(12)7-8-16(14)9-10-17-2/h4-8,15H,3,9-11H2,1-2H3. The lowest BCUT2D eigenvalue weighted by molar-refractivity contribution is 0.730. The maximum atomic E-state index is 3.40. The Balaban J connectivity index is 2.28. The van der Waals surface area contributed by atoms with Gasteiger partial charge in [-0.05, 0) is 30.5 Å². The molecule has 0 aliphatic rings. The van der Waals surface area contributed by atoms with Gasteiger partial charge in [0.1, 0.15) is 0 Å². The number of nitrogens with zero attached hydrogens (tertiary/aromatic N) is 1. The summed E-state index contributed by atoms with van der Waals surface area (Å²) in [5, 5.41) is 4.78. The molecular formula is C14H20N2S. The highest BCUT2D eigenvalue weighted by Gasteiger charge is 2.04. The molecule has 1 heterocycles. The third-order valence-electron chi connectivity index (χ3n) is 3.01. The molecule has 3 heteroatoms. The maximum absolute atomic E-state index is 3.40. The molecule has 0 aliphatic heterocycles. The van der Waals surface area contributed by atoms with Crippen molar-refractivity contribution in [2.75, 3.05) is 18.6 Å². The molecule has 1 aromatic carbocycles. The molecule has 2 rings (SSSR count). The third kappa shape index (κ3) is 2.85. The van der Waals surface area contributed by atoms with Crippen LogP contribution in [0.5, 0.6) is 0 Å². The summed E-state index contributed by atoms with van der Waals surface area (Å²) in [5.41, 5.74) is 2.75. The largest absolute Gasteiger partial charge is 0.347 e. The Morgan fingerprint density at radius 3 is 2.94 bits per heavy atom. The lowest BCUT2D eigenvalue weighted by atomic mass is 10.1. The lowest BCUT2D eigenvalue weighted by Gasteiger charge is -2.07. The number of hydrogen-bond donors (Lipinski definition) is 1. The Morgan fingerprint density at radius 2 is 2.18 bits per heavy atom. The first-order valence-corrected chi connectivity index (χ1v) is 7.52. The predicted octanol–water partition coefficient (Wildman–Crippen LogP) is 3.11. The quantitative estimate of drug-likeness (QED) is 0.846. The fraction of sp³-hybridized carbons (Fsp3) is 0.429. The van der Waals surface area contributed by atoms with Crippen LogP contribution in [0.15, 0.2) is 30.5 Å². The van der Waals surface area contributed by atoms with Crippen molar-refractivity contribution in [2.24, 2.45) is 0 Å². The van der Waals surface area contributed by atoms with Crippen LogP contribution in [0.1, 0.15) is 12.5 Å². The Morgan fingerprint density at radius 1 is 1.29 bits per heavy atom. The highest BCUT2D eigenvalue weighted by atomic mass is 32.2. The first kappa shape index (κ1) is 12.5. The molecule has 0 saturated carbocycles. The summed E-state index contributed by atoms with van der Waals surface area (Å²) < 4.78 is 2.35. The Hall–Kier alpha value is -0.930. The zero-order valence-electron chi connectivity index (χ0n) is 10.6. The van der Waals surface area contributed by atoms with E-state index < -0.39 is 0 Å². The van der Waals surface area contributed by atoms with E-state index in [0.29, 0.717) is 0 Å². The number of hydrogen-bond acceptors (Lipinski definition) is 2. The monoisotopic (exact) mass is 248 g/mol. The van der Waals surface area contributed by atoms with Crippen molar-refractivity contribution in [1.29, 1.82) is 0 Å². The Bertz CT molecular complexity index is 476. The van der Waals surface area contributed by atoms with Crippen molar-refractivity contribution in [1.82, 2.24) is 9.88 Å². The van der Waals surface area contributed by atoms with Crippen molar-refractivity contribution in [3.05, 3.63) is 36.0 Å². The smallest absolute Gasteiger partial charge is 0.0483 e. The van der Waals surface area contributed by atoms with Crippen LogP contribution in [-0.2, 0) is 13.1 Å². The molecule has 2 nitrogen and oxygen atoms in total. The van der Waals surface area contributed by atoms with Crippen LogP contribution in [0.25, 0.3) is 10.9 Å². The molecular weight excluding hydrogens is 228 g/mol. The van der Waals surface area contributed by atoms with Crippen molar-refractivity contribution >= 4 is 22.7 Å². The molecule has 0 bridgehead atoms.